The molecule has 0 spiro atoms. The van der Waals surface area contributed by atoms with Crippen molar-refractivity contribution in [3.8, 4) is 5.75 Å². The molecule has 0 aliphatic carbocycles. The van der Waals surface area contributed by atoms with Gasteiger partial charge >= 0.3 is 10.5 Å². The van der Waals surface area contributed by atoms with Gasteiger partial charge in [-0.3, -0.25) is 14.5 Å². The van der Waals surface area contributed by atoms with Crippen molar-refractivity contribution in [2.45, 2.75) is 6.42 Å². The Morgan fingerprint density at radius 2 is 1.46 bits per heavy atom. The van der Waals surface area contributed by atoms with E-state index in [0.29, 0.717) is 17.5 Å². The molecule has 3 rings (SSSR count). The van der Waals surface area contributed by atoms with Crippen LogP contribution >= 0.6 is 0 Å². The molecular formula is C16H12FNO5S. The van der Waals surface area contributed by atoms with E-state index in [1.54, 1.807) is 36.4 Å². The van der Waals surface area contributed by atoms with E-state index in [0.717, 1.165) is 5.56 Å². The molecule has 0 radical (unpaired) electrons. The van der Waals surface area contributed by atoms with E-state index in [1.165, 1.54) is 17.0 Å². The molecule has 24 heavy (non-hydrogen) atoms. The summed E-state index contributed by atoms with van der Waals surface area (Å²) in [7, 11) is -5.06. The van der Waals surface area contributed by atoms with E-state index < -0.39 is 10.5 Å². The number of benzene rings is 2. The highest BCUT2D eigenvalue weighted by molar-refractivity contribution is 7.81. The Bertz CT molecular complexity index is 873. The Hall–Kier alpha value is -2.74. The Labute approximate surface area is 137 Å². The van der Waals surface area contributed by atoms with Crippen LogP contribution in [0.3, 0.4) is 0 Å². The van der Waals surface area contributed by atoms with Crippen molar-refractivity contribution in [1.29, 1.82) is 0 Å². The van der Waals surface area contributed by atoms with Gasteiger partial charge in [0.05, 0.1) is 11.1 Å². The first-order valence-electron chi connectivity index (χ1n) is 7.03. The van der Waals surface area contributed by atoms with Crippen molar-refractivity contribution in [3.63, 3.8) is 0 Å². The van der Waals surface area contributed by atoms with Crippen LogP contribution in [0.15, 0.2) is 48.5 Å². The Morgan fingerprint density at radius 1 is 0.917 bits per heavy atom. The lowest BCUT2D eigenvalue weighted by molar-refractivity contribution is 0.0656. The van der Waals surface area contributed by atoms with Gasteiger partial charge in [-0.25, -0.2) is 0 Å². The molecule has 1 aliphatic heterocycles. The molecule has 2 aromatic rings. The topological polar surface area (TPSA) is 80.8 Å². The van der Waals surface area contributed by atoms with Crippen LogP contribution in [0.2, 0.25) is 0 Å². The number of amides is 2. The van der Waals surface area contributed by atoms with Crippen molar-refractivity contribution >= 4 is 22.3 Å². The van der Waals surface area contributed by atoms with Gasteiger partial charge in [0.15, 0.2) is 0 Å². The molecule has 0 fully saturated rings. The van der Waals surface area contributed by atoms with Crippen molar-refractivity contribution in [1.82, 2.24) is 4.90 Å². The van der Waals surface area contributed by atoms with Crippen LogP contribution in [0.25, 0.3) is 0 Å². The molecule has 2 aromatic carbocycles. The summed E-state index contributed by atoms with van der Waals surface area (Å²) in [6.45, 7) is 0.188. The standard InChI is InChI=1S/C16H12FNO5S/c17-24(21,22)23-12-7-5-11(6-8-12)9-10-18-15(19)13-3-1-2-4-14(13)16(18)20/h1-8H,9-10H2. The minimum Gasteiger partial charge on any atom is -0.358 e. The molecule has 6 nitrogen and oxygen atoms in total. The molecule has 1 heterocycles. The molecular weight excluding hydrogens is 337 g/mol. The second-order valence-electron chi connectivity index (χ2n) is 5.18. The van der Waals surface area contributed by atoms with Crippen LogP contribution < -0.4 is 4.18 Å². The van der Waals surface area contributed by atoms with Crippen LogP contribution in [-0.2, 0) is 16.9 Å². The number of halogens is 1. The predicted octanol–water partition coefficient (Wildman–Crippen LogP) is 2.12. The largest absolute Gasteiger partial charge is 0.488 e. The minimum absolute atomic E-state index is 0.151. The lowest BCUT2D eigenvalue weighted by Gasteiger charge is -2.13. The Balaban J connectivity index is 1.67. The third-order valence-electron chi connectivity index (χ3n) is 3.62. The normalized spacial score (nSPS) is 14.0. The number of carbonyl (C=O) groups is 2. The number of rotatable bonds is 5. The fourth-order valence-electron chi connectivity index (χ4n) is 2.51. The van der Waals surface area contributed by atoms with Gasteiger partial charge in [-0.1, -0.05) is 28.2 Å². The van der Waals surface area contributed by atoms with E-state index in [9.17, 15) is 21.9 Å². The molecule has 0 unspecified atom stereocenters. The highest BCUT2D eigenvalue weighted by atomic mass is 32.3. The molecule has 124 valence electrons. The third-order valence-corrected chi connectivity index (χ3v) is 4.01. The van der Waals surface area contributed by atoms with Gasteiger partial charge in [0, 0.05) is 6.54 Å². The van der Waals surface area contributed by atoms with Crippen LogP contribution in [0.1, 0.15) is 26.3 Å². The number of carbonyl (C=O) groups excluding carboxylic acids is 2. The van der Waals surface area contributed by atoms with Crippen molar-refractivity contribution < 1.29 is 26.1 Å². The minimum atomic E-state index is -5.06. The van der Waals surface area contributed by atoms with Crippen molar-refractivity contribution in [2.75, 3.05) is 6.54 Å². The molecule has 0 saturated carbocycles. The number of imide groups is 1. The monoisotopic (exact) mass is 349 g/mol. The van der Waals surface area contributed by atoms with Crippen LogP contribution in [0.4, 0.5) is 3.89 Å². The van der Waals surface area contributed by atoms with Crippen LogP contribution in [-0.4, -0.2) is 31.7 Å². The van der Waals surface area contributed by atoms with Gasteiger partial charge in [0.1, 0.15) is 5.75 Å². The highest BCUT2D eigenvalue weighted by Gasteiger charge is 2.34. The van der Waals surface area contributed by atoms with Crippen LogP contribution in [0.5, 0.6) is 5.75 Å². The van der Waals surface area contributed by atoms with E-state index in [-0.39, 0.29) is 24.1 Å². The summed E-state index contributed by atoms with van der Waals surface area (Å²) in [6.07, 6.45) is 0.383. The summed E-state index contributed by atoms with van der Waals surface area (Å²) in [4.78, 5) is 25.6. The number of hydrogen-bond donors (Lipinski definition) is 0. The van der Waals surface area contributed by atoms with Crippen molar-refractivity contribution in [3.05, 3.63) is 65.2 Å². The van der Waals surface area contributed by atoms with E-state index in [4.69, 9.17) is 0 Å². The van der Waals surface area contributed by atoms with Crippen molar-refractivity contribution in [2.24, 2.45) is 0 Å². The van der Waals surface area contributed by atoms with Gasteiger partial charge in [0.2, 0.25) is 0 Å². The number of nitrogens with zero attached hydrogens (tertiary/aromatic N) is 1. The molecule has 0 saturated heterocycles. The first-order chi connectivity index (χ1) is 11.3. The maximum Gasteiger partial charge on any atom is 0.488 e. The molecule has 0 aromatic heterocycles. The third kappa shape index (κ3) is 3.28. The zero-order valence-electron chi connectivity index (χ0n) is 12.3. The average molecular weight is 349 g/mol. The molecule has 8 heteroatoms. The number of hydrogen-bond acceptors (Lipinski definition) is 5. The lowest BCUT2D eigenvalue weighted by atomic mass is 10.1. The molecule has 0 bridgehead atoms. The maximum absolute atomic E-state index is 12.4. The van der Waals surface area contributed by atoms with E-state index in [1.807, 2.05) is 0 Å². The Kier molecular flexibility index (Phi) is 4.06. The maximum atomic E-state index is 12.4. The summed E-state index contributed by atoms with van der Waals surface area (Å²) in [5.74, 6) is -0.819. The van der Waals surface area contributed by atoms with Gasteiger partial charge in [0.25, 0.3) is 11.8 Å². The van der Waals surface area contributed by atoms with E-state index in [2.05, 4.69) is 4.18 Å². The van der Waals surface area contributed by atoms with Gasteiger partial charge in [-0.15, -0.1) is 0 Å². The molecule has 0 atom stereocenters. The lowest BCUT2D eigenvalue weighted by Crippen LogP contribution is -2.31. The van der Waals surface area contributed by atoms with Crippen LogP contribution in [0, 0.1) is 0 Å². The fourth-order valence-corrected chi connectivity index (χ4v) is 2.85. The summed E-state index contributed by atoms with van der Waals surface area (Å²) >= 11 is 0. The zero-order valence-corrected chi connectivity index (χ0v) is 13.1. The highest BCUT2D eigenvalue weighted by Crippen LogP contribution is 2.23. The number of fused-ring (bicyclic) bond motifs is 1. The fraction of sp³-hybridized carbons (Fsp3) is 0.125. The van der Waals surface area contributed by atoms with Gasteiger partial charge in [-0.2, -0.15) is 8.42 Å². The first-order valence-corrected chi connectivity index (χ1v) is 8.34. The molecule has 0 N–H and O–H groups in total. The zero-order chi connectivity index (χ0) is 17.3. The SMILES string of the molecule is O=C1c2ccccc2C(=O)N1CCc1ccc(OS(=O)(=O)F)cc1. The summed E-state index contributed by atoms with van der Waals surface area (Å²) < 4.78 is 37.3. The summed E-state index contributed by atoms with van der Waals surface area (Å²) in [5.41, 5.74) is 1.52. The quantitative estimate of drug-likeness (QED) is 0.610. The van der Waals surface area contributed by atoms with E-state index >= 15 is 0 Å². The average Bonchev–Trinajstić information content (AvgIpc) is 2.77. The molecule has 1 aliphatic rings. The second-order valence-corrected chi connectivity index (χ2v) is 6.13. The first kappa shape index (κ1) is 16.1. The molecule has 2 amide bonds. The summed E-state index contributed by atoms with van der Waals surface area (Å²) in [6, 6.07) is 12.3. The van der Waals surface area contributed by atoms with Gasteiger partial charge < -0.3 is 4.18 Å². The van der Waals surface area contributed by atoms with Gasteiger partial charge in [-0.05, 0) is 36.2 Å². The second kappa shape index (κ2) is 6.04. The smallest absolute Gasteiger partial charge is 0.358 e. The Morgan fingerprint density at radius 3 is 1.96 bits per heavy atom. The predicted molar refractivity (Wildman–Crippen MR) is 82.6 cm³/mol. The summed E-state index contributed by atoms with van der Waals surface area (Å²) in [5, 5.41) is 0.